The summed E-state index contributed by atoms with van der Waals surface area (Å²) in [4.78, 5) is 23.1. The average Bonchev–Trinajstić information content (AvgIpc) is 2.68. The molecule has 29 heavy (non-hydrogen) atoms. The van der Waals surface area contributed by atoms with Crippen molar-refractivity contribution in [2.24, 2.45) is 5.92 Å². The first-order valence-electron chi connectivity index (χ1n) is 9.82. The SMILES string of the molecule is CC(C)CC(NCC(C(=O)O)c1ccc(OCCc2ccccc2)cc1)C(=O)O. The van der Waals surface area contributed by atoms with E-state index in [9.17, 15) is 19.8 Å². The molecular weight excluding hydrogens is 370 g/mol. The van der Waals surface area contributed by atoms with Crippen LogP contribution in [0.5, 0.6) is 5.75 Å². The Morgan fingerprint density at radius 2 is 1.62 bits per heavy atom. The highest BCUT2D eigenvalue weighted by atomic mass is 16.5. The van der Waals surface area contributed by atoms with Crippen LogP contribution in [-0.2, 0) is 16.0 Å². The molecule has 2 unspecified atom stereocenters. The van der Waals surface area contributed by atoms with E-state index in [1.807, 2.05) is 44.2 Å². The number of ether oxygens (including phenoxy) is 1. The van der Waals surface area contributed by atoms with Gasteiger partial charge in [0, 0.05) is 13.0 Å². The van der Waals surface area contributed by atoms with Crippen molar-refractivity contribution >= 4 is 11.9 Å². The summed E-state index contributed by atoms with van der Waals surface area (Å²) in [7, 11) is 0. The minimum absolute atomic E-state index is 0.0488. The summed E-state index contributed by atoms with van der Waals surface area (Å²) < 4.78 is 5.74. The second kappa shape index (κ2) is 11.2. The van der Waals surface area contributed by atoms with Gasteiger partial charge in [-0.15, -0.1) is 0 Å². The molecule has 2 aromatic rings. The molecule has 3 N–H and O–H groups in total. The van der Waals surface area contributed by atoms with E-state index in [1.165, 1.54) is 5.56 Å². The fourth-order valence-corrected chi connectivity index (χ4v) is 3.08. The lowest BCUT2D eigenvalue weighted by atomic mass is 9.97. The molecule has 0 aliphatic rings. The Balaban J connectivity index is 1.93. The molecule has 0 aliphatic carbocycles. The van der Waals surface area contributed by atoms with Crippen LogP contribution in [0.15, 0.2) is 54.6 Å². The lowest BCUT2D eigenvalue weighted by Gasteiger charge is -2.20. The predicted octanol–water partition coefficient (Wildman–Crippen LogP) is 3.57. The van der Waals surface area contributed by atoms with Crippen molar-refractivity contribution in [3.63, 3.8) is 0 Å². The molecule has 0 amide bonds. The van der Waals surface area contributed by atoms with Gasteiger partial charge >= 0.3 is 11.9 Å². The van der Waals surface area contributed by atoms with E-state index < -0.39 is 23.9 Å². The highest BCUT2D eigenvalue weighted by molar-refractivity contribution is 5.77. The van der Waals surface area contributed by atoms with Gasteiger partial charge in [-0.3, -0.25) is 9.59 Å². The van der Waals surface area contributed by atoms with Crippen LogP contribution in [0.2, 0.25) is 0 Å². The smallest absolute Gasteiger partial charge is 0.320 e. The zero-order valence-electron chi connectivity index (χ0n) is 16.9. The minimum Gasteiger partial charge on any atom is -0.493 e. The van der Waals surface area contributed by atoms with Crippen LogP contribution in [0, 0.1) is 5.92 Å². The Morgan fingerprint density at radius 1 is 0.966 bits per heavy atom. The minimum atomic E-state index is -0.996. The van der Waals surface area contributed by atoms with Gasteiger partial charge in [0.2, 0.25) is 0 Å². The number of hydrogen-bond donors (Lipinski definition) is 3. The van der Waals surface area contributed by atoms with Crippen LogP contribution in [0.1, 0.15) is 37.3 Å². The molecule has 0 radical (unpaired) electrons. The number of nitrogens with one attached hydrogen (secondary N) is 1. The second-order valence-corrected chi connectivity index (χ2v) is 7.47. The van der Waals surface area contributed by atoms with Gasteiger partial charge in [-0.25, -0.2) is 0 Å². The van der Waals surface area contributed by atoms with Gasteiger partial charge in [-0.2, -0.15) is 0 Å². The fraction of sp³-hybridized carbons (Fsp3) is 0.391. The van der Waals surface area contributed by atoms with Gasteiger partial charge in [-0.05, 0) is 35.6 Å². The van der Waals surface area contributed by atoms with Crippen molar-refractivity contribution in [1.82, 2.24) is 5.32 Å². The summed E-state index contributed by atoms with van der Waals surface area (Å²) in [5.41, 5.74) is 1.80. The first kappa shape index (κ1) is 22.4. The fourth-order valence-electron chi connectivity index (χ4n) is 3.08. The molecule has 0 aromatic heterocycles. The van der Waals surface area contributed by atoms with Gasteiger partial charge in [0.25, 0.3) is 0 Å². The van der Waals surface area contributed by atoms with E-state index in [0.29, 0.717) is 24.3 Å². The molecule has 6 heteroatoms. The van der Waals surface area contributed by atoms with Crippen molar-refractivity contribution < 1.29 is 24.5 Å². The molecule has 0 saturated carbocycles. The van der Waals surface area contributed by atoms with Crippen LogP contribution in [0.25, 0.3) is 0 Å². The molecule has 0 aliphatic heterocycles. The third-order valence-electron chi connectivity index (χ3n) is 4.66. The number of carboxylic acid groups (broad SMARTS) is 2. The van der Waals surface area contributed by atoms with Crippen LogP contribution in [0.4, 0.5) is 0 Å². The van der Waals surface area contributed by atoms with Gasteiger partial charge in [0.1, 0.15) is 11.8 Å². The van der Waals surface area contributed by atoms with Crippen molar-refractivity contribution in [3.05, 3.63) is 65.7 Å². The van der Waals surface area contributed by atoms with E-state index >= 15 is 0 Å². The van der Waals surface area contributed by atoms with Crippen LogP contribution in [-0.4, -0.2) is 41.3 Å². The number of hydrogen-bond acceptors (Lipinski definition) is 4. The van der Waals surface area contributed by atoms with Crippen molar-refractivity contribution in [1.29, 1.82) is 0 Å². The number of carboxylic acids is 2. The summed E-state index contributed by atoms with van der Waals surface area (Å²) in [5, 5.41) is 21.8. The number of benzene rings is 2. The highest BCUT2D eigenvalue weighted by Gasteiger charge is 2.24. The molecule has 0 fully saturated rings. The molecule has 0 saturated heterocycles. The van der Waals surface area contributed by atoms with Crippen LogP contribution >= 0.6 is 0 Å². The maximum absolute atomic E-state index is 11.7. The number of carbonyl (C=O) groups is 2. The number of rotatable bonds is 12. The Hall–Kier alpha value is -2.86. The first-order chi connectivity index (χ1) is 13.9. The molecule has 2 aromatic carbocycles. The van der Waals surface area contributed by atoms with E-state index in [-0.39, 0.29) is 12.5 Å². The summed E-state index contributed by atoms with van der Waals surface area (Å²) in [5.74, 6) is -1.93. The highest BCUT2D eigenvalue weighted by Crippen LogP contribution is 2.20. The average molecular weight is 399 g/mol. The Bertz CT molecular complexity index is 774. The van der Waals surface area contributed by atoms with Gasteiger partial charge < -0.3 is 20.3 Å². The second-order valence-electron chi connectivity index (χ2n) is 7.47. The zero-order chi connectivity index (χ0) is 21.2. The summed E-state index contributed by atoms with van der Waals surface area (Å²) in [6, 6.07) is 16.2. The standard InChI is InChI=1S/C23H29NO5/c1-16(2)14-21(23(27)28)24-15-20(22(25)26)18-8-10-19(11-9-18)29-13-12-17-6-4-3-5-7-17/h3-11,16,20-21,24H,12-15H2,1-2H3,(H,25,26)(H,27,28). The molecular formula is C23H29NO5. The third-order valence-corrected chi connectivity index (χ3v) is 4.66. The van der Waals surface area contributed by atoms with Gasteiger partial charge in [0.05, 0.1) is 12.5 Å². The Labute approximate surface area is 171 Å². The normalized spacial score (nSPS) is 13.1. The lowest BCUT2D eigenvalue weighted by molar-refractivity contribution is -0.142. The quantitative estimate of drug-likeness (QED) is 0.505. The maximum Gasteiger partial charge on any atom is 0.320 e. The van der Waals surface area contributed by atoms with Crippen molar-refractivity contribution in [2.45, 2.75) is 38.6 Å². The topological polar surface area (TPSA) is 95.9 Å². The Morgan fingerprint density at radius 3 is 2.17 bits per heavy atom. The zero-order valence-corrected chi connectivity index (χ0v) is 16.9. The van der Waals surface area contributed by atoms with Crippen molar-refractivity contribution in [2.75, 3.05) is 13.2 Å². The molecule has 2 rings (SSSR count). The maximum atomic E-state index is 11.7. The number of aliphatic carboxylic acids is 2. The van der Waals surface area contributed by atoms with E-state index in [0.717, 1.165) is 6.42 Å². The Kier molecular flexibility index (Phi) is 8.68. The lowest BCUT2D eigenvalue weighted by Crippen LogP contribution is -2.41. The van der Waals surface area contributed by atoms with Gasteiger partial charge in [0.15, 0.2) is 0 Å². The van der Waals surface area contributed by atoms with E-state index in [4.69, 9.17) is 4.74 Å². The van der Waals surface area contributed by atoms with E-state index in [2.05, 4.69) is 5.32 Å². The summed E-state index contributed by atoms with van der Waals surface area (Å²) in [6.45, 7) is 4.45. The predicted molar refractivity (Wildman–Crippen MR) is 111 cm³/mol. The molecule has 156 valence electrons. The van der Waals surface area contributed by atoms with Crippen molar-refractivity contribution in [3.8, 4) is 5.75 Å². The first-order valence-corrected chi connectivity index (χ1v) is 9.82. The summed E-state index contributed by atoms with van der Waals surface area (Å²) in [6.07, 6.45) is 1.23. The molecule has 2 atom stereocenters. The summed E-state index contributed by atoms with van der Waals surface area (Å²) >= 11 is 0. The third kappa shape index (κ3) is 7.58. The monoisotopic (exact) mass is 399 g/mol. The largest absolute Gasteiger partial charge is 0.493 e. The van der Waals surface area contributed by atoms with Gasteiger partial charge in [-0.1, -0.05) is 56.3 Å². The van der Waals surface area contributed by atoms with E-state index in [1.54, 1.807) is 24.3 Å². The molecule has 6 nitrogen and oxygen atoms in total. The van der Waals surface area contributed by atoms with Crippen LogP contribution < -0.4 is 10.1 Å². The van der Waals surface area contributed by atoms with Crippen LogP contribution in [0.3, 0.4) is 0 Å². The molecule has 0 spiro atoms. The molecule has 0 bridgehead atoms. The molecule has 0 heterocycles.